The van der Waals surface area contributed by atoms with Crippen molar-refractivity contribution in [2.24, 2.45) is 0 Å². The van der Waals surface area contributed by atoms with Gasteiger partial charge in [0.2, 0.25) is 5.91 Å². The highest BCUT2D eigenvalue weighted by Gasteiger charge is 2.08. The van der Waals surface area contributed by atoms with Gasteiger partial charge in [0, 0.05) is 19.2 Å². The van der Waals surface area contributed by atoms with Crippen molar-refractivity contribution < 1.29 is 14.3 Å². The van der Waals surface area contributed by atoms with Crippen LogP contribution in [0.15, 0.2) is 60.9 Å². The molecule has 0 atom stereocenters. The van der Waals surface area contributed by atoms with Crippen LogP contribution in [0, 0.1) is 0 Å². The average Bonchev–Trinajstić information content (AvgIpc) is 3.20. The van der Waals surface area contributed by atoms with E-state index in [0.717, 1.165) is 16.8 Å². The van der Waals surface area contributed by atoms with E-state index in [-0.39, 0.29) is 5.91 Å². The highest BCUT2D eigenvalue weighted by Crippen LogP contribution is 2.27. The lowest BCUT2D eigenvalue weighted by atomic mass is 10.1. The van der Waals surface area contributed by atoms with Crippen LogP contribution in [0.4, 0.5) is 0 Å². The minimum absolute atomic E-state index is 0.00255. The molecule has 6 heteroatoms. The van der Waals surface area contributed by atoms with Crippen LogP contribution in [0.5, 0.6) is 11.5 Å². The fraction of sp³-hybridized carbons (Fsp3) is 0.238. The molecular formula is C21H23N3O3. The fourth-order valence-electron chi connectivity index (χ4n) is 2.75. The van der Waals surface area contributed by atoms with E-state index in [9.17, 15) is 4.79 Å². The van der Waals surface area contributed by atoms with Crippen LogP contribution in [0.1, 0.15) is 17.5 Å². The van der Waals surface area contributed by atoms with Crippen LogP contribution in [0.25, 0.3) is 5.69 Å². The molecule has 3 rings (SSSR count). The fourth-order valence-corrected chi connectivity index (χ4v) is 2.75. The minimum Gasteiger partial charge on any atom is -0.493 e. The van der Waals surface area contributed by atoms with Crippen molar-refractivity contribution in [3.63, 3.8) is 0 Å². The zero-order chi connectivity index (χ0) is 19.1. The molecule has 0 spiro atoms. The van der Waals surface area contributed by atoms with Gasteiger partial charge >= 0.3 is 0 Å². The van der Waals surface area contributed by atoms with Crippen LogP contribution in [-0.4, -0.2) is 29.9 Å². The summed E-state index contributed by atoms with van der Waals surface area (Å²) in [5.41, 5.74) is 2.99. The number of amides is 1. The Morgan fingerprint density at radius 1 is 1.04 bits per heavy atom. The second kappa shape index (κ2) is 8.89. The lowest BCUT2D eigenvalue weighted by Crippen LogP contribution is -2.23. The van der Waals surface area contributed by atoms with Crippen molar-refractivity contribution in [3.05, 3.63) is 72.1 Å². The van der Waals surface area contributed by atoms with E-state index in [2.05, 4.69) is 10.4 Å². The molecule has 1 N–H and O–H groups in total. The summed E-state index contributed by atoms with van der Waals surface area (Å²) in [6, 6.07) is 15.5. The Balaban J connectivity index is 1.50. The maximum Gasteiger partial charge on any atom is 0.220 e. The van der Waals surface area contributed by atoms with Crippen molar-refractivity contribution >= 4 is 5.91 Å². The standard InChI is InChI=1S/C21H23N3O3/c1-26-19-10-8-16(12-20(19)27-2)13-22-21(25)11-9-17-14-23-24(15-17)18-6-4-3-5-7-18/h3-8,10,12,14-15H,9,11,13H2,1-2H3,(H,22,25). The molecule has 0 aliphatic heterocycles. The van der Waals surface area contributed by atoms with Gasteiger partial charge in [0.05, 0.1) is 26.1 Å². The Bertz CT molecular complexity index is 891. The maximum absolute atomic E-state index is 12.1. The molecule has 1 amide bonds. The van der Waals surface area contributed by atoms with Crippen molar-refractivity contribution in [2.75, 3.05) is 14.2 Å². The summed E-state index contributed by atoms with van der Waals surface area (Å²) in [5, 5.41) is 7.29. The van der Waals surface area contributed by atoms with E-state index >= 15 is 0 Å². The Labute approximate surface area is 158 Å². The molecule has 27 heavy (non-hydrogen) atoms. The number of nitrogens with zero attached hydrogens (tertiary/aromatic N) is 2. The summed E-state index contributed by atoms with van der Waals surface area (Å²) in [6.07, 6.45) is 4.81. The van der Waals surface area contributed by atoms with Crippen LogP contribution in [-0.2, 0) is 17.8 Å². The number of rotatable bonds is 8. The molecular weight excluding hydrogens is 342 g/mol. The SMILES string of the molecule is COc1ccc(CNC(=O)CCc2cnn(-c3ccccc3)c2)cc1OC. The number of aryl methyl sites for hydroxylation is 1. The molecule has 0 radical (unpaired) electrons. The highest BCUT2D eigenvalue weighted by atomic mass is 16.5. The van der Waals surface area contributed by atoms with Gasteiger partial charge in [0.25, 0.3) is 0 Å². The number of para-hydroxylation sites is 1. The predicted octanol–water partition coefficient (Wildman–Crippen LogP) is 3.14. The van der Waals surface area contributed by atoms with Crippen LogP contribution < -0.4 is 14.8 Å². The summed E-state index contributed by atoms with van der Waals surface area (Å²) in [6.45, 7) is 0.447. The first-order valence-corrected chi connectivity index (χ1v) is 8.76. The summed E-state index contributed by atoms with van der Waals surface area (Å²) in [4.78, 5) is 12.1. The van der Waals surface area contributed by atoms with Crippen molar-refractivity contribution in [2.45, 2.75) is 19.4 Å². The van der Waals surface area contributed by atoms with Gasteiger partial charge in [-0.2, -0.15) is 5.10 Å². The van der Waals surface area contributed by atoms with Gasteiger partial charge in [-0.3, -0.25) is 4.79 Å². The highest BCUT2D eigenvalue weighted by molar-refractivity contribution is 5.76. The second-order valence-corrected chi connectivity index (χ2v) is 6.09. The van der Waals surface area contributed by atoms with Gasteiger partial charge < -0.3 is 14.8 Å². The molecule has 0 saturated carbocycles. The number of carbonyl (C=O) groups excluding carboxylic acids is 1. The number of ether oxygens (including phenoxy) is 2. The number of benzene rings is 2. The molecule has 0 aliphatic carbocycles. The maximum atomic E-state index is 12.1. The Morgan fingerprint density at radius 3 is 2.56 bits per heavy atom. The third-order valence-electron chi connectivity index (χ3n) is 4.24. The van der Waals surface area contributed by atoms with E-state index in [1.807, 2.05) is 59.4 Å². The summed E-state index contributed by atoms with van der Waals surface area (Å²) >= 11 is 0. The van der Waals surface area contributed by atoms with Gasteiger partial charge in [-0.25, -0.2) is 4.68 Å². The first-order valence-electron chi connectivity index (χ1n) is 8.76. The molecule has 0 fully saturated rings. The third-order valence-corrected chi connectivity index (χ3v) is 4.24. The first-order chi connectivity index (χ1) is 13.2. The van der Waals surface area contributed by atoms with E-state index in [4.69, 9.17) is 9.47 Å². The van der Waals surface area contributed by atoms with Crippen LogP contribution in [0.3, 0.4) is 0 Å². The largest absolute Gasteiger partial charge is 0.493 e. The number of nitrogens with one attached hydrogen (secondary N) is 1. The smallest absolute Gasteiger partial charge is 0.220 e. The quantitative estimate of drug-likeness (QED) is 0.666. The summed E-state index contributed by atoms with van der Waals surface area (Å²) in [7, 11) is 3.19. The van der Waals surface area contributed by atoms with E-state index < -0.39 is 0 Å². The molecule has 0 unspecified atom stereocenters. The first kappa shape index (κ1) is 18.5. The monoisotopic (exact) mass is 365 g/mol. The predicted molar refractivity (Wildman–Crippen MR) is 103 cm³/mol. The molecule has 1 aromatic heterocycles. The van der Waals surface area contributed by atoms with Gasteiger partial charge in [-0.05, 0) is 41.8 Å². The normalized spacial score (nSPS) is 10.4. The Morgan fingerprint density at radius 2 is 1.81 bits per heavy atom. The molecule has 0 bridgehead atoms. The molecule has 3 aromatic rings. The third kappa shape index (κ3) is 4.88. The summed E-state index contributed by atoms with van der Waals surface area (Å²) in [5.74, 6) is 1.32. The Hall–Kier alpha value is -3.28. The van der Waals surface area contributed by atoms with Crippen molar-refractivity contribution in [1.29, 1.82) is 0 Å². The lowest BCUT2D eigenvalue weighted by molar-refractivity contribution is -0.121. The zero-order valence-corrected chi connectivity index (χ0v) is 15.5. The molecule has 6 nitrogen and oxygen atoms in total. The van der Waals surface area contributed by atoms with E-state index in [0.29, 0.717) is 30.9 Å². The van der Waals surface area contributed by atoms with Crippen molar-refractivity contribution in [1.82, 2.24) is 15.1 Å². The van der Waals surface area contributed by atoms with Crippen molar-refractivity contribution in [3.8, 4) is 17.2 Å². The van der Waals surface area contributed by atoms with Gasteiger partial charge in [-0.1, -0.05) is 24.3 Å². The Kier molecular flexibility index (Phi) is 6.10. The average molecular weight is 365 g/mol. The van der Waals surface area contributed by atoms with Gasteiger partial charge in [0.1, 0.15) is 0 Å². The lowest BCUT2D eigenvalue weighted by Gasteiger charge is -2.10. The molecule has 1 heterocycles. The van der Waals surface area contributed by atoms with Gasteiger partial charge in [0.15, 0.2) is 11.5 Å². The minimum atomic E-state index is -0.00255. The molecule has 0 saturated heterocycles. The number of hydrogen-bond acceptors (Lipinski definition) is 4. The molecule has 140 valence electrons. The van der Waals surface area contributed by atoms with E-state index in [1.165, 1.54) is 0 Å². The summed E-state index contributed by atoms with van der Waals surface area (Å²) < 4.78 is 12.3. The van der Waals surface area contributed by atoms with Crippen LogP contribution >= 0.6 is 0 Å². The topological polar surface area (TPSA) is 65.4 Å². The number of methoxy groups -OCH3 is 2. The number of aromatic nitrogens is 2. The number of hydrogen-bond donors (Lipinski definition) is 1. The van der Waals surface area contributed by atoms with Crippen LogP contribution in [0.2, 0.25) is 0 Å². The van der Waals surface area contributed by atoms with Gasteiger partial charge in [-0.15, -0.1) is 0 Å². The van der Waals surface area contributed by atoms with E-state index in [1.54, 1.807) is 20.4 Å². The molecule has 0 aliphatic rings. The second-order valence-electron chi connectivity index (χ2n) is 6.09. The molecule has 2 aromatic carbocycles. The zero-order valence-electron chi connectivity index (χ0n) is 15.5. The number of carbonyl (C=O) groups is 1.